The molecule has 0 amide bonds. The lowest BCUT2D eigenvalue weighted by atomic mass is 9.82. The van der Waals surface area contributed by atoms with Gasteiger partial charge in [0.05, 0.1) is 16.9 Å². The van der Waals surface area contributed by atoms with Crippen molar-refractivity contribution in [3.05, 3.63) is 30.5 Å². The zero-order valence-electron chi connectivity index (χ0n) is 12.1. The summed E-state index contributed by atoms with van der Waals surface area (Å²) in [5.41, 5.74) is 9.08. The summed E-state index contributed by atoms with van der Waals surface area (Å²) in [7, 11) is 0. The number of rotatable bonds is 3. The van der Waals surface area contributed by atoms with E-state index in [2.05, 4.69) is 23.3 Å². The van der Waals surface area contributed by atoms with Gasteiger partial charge < -0.3 is 11.1 Å². The molecule has 0 bridgehead atoms. The fraction of sp³-hybridized carbons (Fsp3) is 0.471. The van der Waals surface area contributed by atoms with Crippen molar-refractivity contribution in [3.8, 4) is 0 Å². The molecule has 1 aliphatic rings. The lowest BCUT2D eigenvalue weighted by Crippen LogP contribution is -2.21. The summed E-state index contributed by atoms with van der Waals surface area (Å²) in [5, 5.41) is 4.58. The molecule has 0 saturated heterocycles. The van der Waals surface area contributed by atoms with Crippen molar-refractivity contribution in [3.63, 3.8) is 0 Å². The van der Waals surface area contributed by atoms with Crippen LogP contribution in [0.1, 0.15) is 32.6 Å². The number of aromatic nitrogens is 1. The summed E-state index contributed by atoms with van der Waals surface area (Å²) in [4.78, 5) is 4.34. The quantitative estimate of drug-likeness (QED) is 0.826. The Kier molecular flexibility index (Phi) is 3.77. The number of nitrogens with one attached hydrogen (secondary N) is 1. The standard InChI is InChI=1S/C17H23N3/c1-12-4-2-5-13(10-12)11-20-16-8-7-15-14(17(16)18)6-3-9-19-15/h3,6-9,12-13,20H,2,4-5,10-11,18H2,1H3. The van der Waals surface area contributed by atoms with E-state index in [1.54, 1.807) is 6.20 Å². The molecular formula is C17H23N3. The molecule has 3 heteroatoms. The molecule has 3 rings (SSSR count). The minimum Gasteiger partial charge on any atom is -0.397 e. The number of nitrogen functional groups attached to an aromatic ring is 1. The molecule has 20 heavy (non-hydrogen) atoms. The Bertz CT molecular complexity index is 594. The van der Waals surface area contributed by atoms with Gasteiger partial charge in [-0.3, -0.25) is 4.98 Å². The first-order valence-electron chi connectivity index (χ1n) is 7.61. The maximum atomic E-state index is 6.26. The Morgan fingerprint density at radius 2 is 2.20 bits per heavy atom. The van der Waals surface area contributed by atoms with Gasteiger partial charge in [0.1, 0.15) is 0 Å². The average molecular weight is 269 g/mol. The Hall–Kier alpha value is -1.77. The smallest absolute Gasteiger partial charge is 0.0724 e. The molecule has 1 saturated carbocycles. The van der Waals surface area contributed by atoms with Gasteiger partial charge in [-0.15, -0.1) is 0 Å². The van der Waals surface area contributed by atoms with E-state index in [0.717, 1.165) is 40.7 Å². The molecule has 0 radical (unpaired) electrons. The summed E-state index contributed by atoms with van der Waals surface area (Å²) in [5.74, 6) is 1.65. The van der Waals surface area contributed by atoms with E-state index < -0.39 is 0 Å². The highest BCUT2D eigenvalue weighted by Gasteiger charge is 2.18. The van der Waals surface area contributed by atoms with E-state index in [1.165, 1.54) is 25.7 Å². The monoisotopic (exact) mass is 269 g/mol. The fourth-order valence-electron chi connectivity index (χ4n) is 3.33. The van der Waals surface area contributed by atoms with Crippen LogP contribution in [0.4, 0.5) is 11.4 Å². The zero-order chi connectivity index (χ0) is 13.9. The third-order valence-electron chi connectivity index (χ3n) is 4.45. The number of benzene rings is 1. The number of hydrogen-bond donors (Lipinski definition) is 2. The van der Waals surface area contributed by atoms with Gasteiger partial charge in [-0.2, -0.15) is 0 Å². The maximum absolute atomic E-state index is 6.26. The third-order valence-corrected chi connectivity index (χ3v) is 4.45. The van der Waals surface area contributed by atoms with Gasteiger partial charge in [0, 0.05) is 18.1 Å². The highest BCUT2D eigenvalue weighted by Crippen LogP contribution is 2.31. The van der Waals surface area contributed by atoms with Gasteiger partial charge in [0.15, 0.2) is 0 Å². The van der Waals surface area contributed by atoms with Crippen LogP contribution in [0.3, 0.4) is 0 Å². The van der Waals surface area contributed by atoms with Crippen LogP contribution in [-0.2, 0) is 0 Å². The molecule has 106 valence electrons. The second-order valence-electron chi connectivity index (χ2n) is 6.12. The van der Waals surface area contributed by atoms with Crippen LogP contribution in [0.5, 0.6) is 0 Å². The summed E-state index contributed by atoms with van der Waals surface area (Å²) < 4.78 is 0. The van der Waals surface area contributed by atoms with Crippen molar-refractivity contribution in [2.24, 2.45) is 11.8 Å². The average Bonchev–Trinajstić information content (AvgIpc) is 2.47. The van der Waals surface area contributed by atoms with E-state index in [1.807, 2.05) is 18.2 Å². The maximum Gasteiger partial charge on any atom is 0.0724 e. The Morgan fingerprint density at radius 3 is 3.05 bits per heavy atom. The third kappa shape index (κ3) is 2.72. The predicted octanol–water partition coefficient (Wildman–Crippen LogP) is 4.06. The van der Waals surface area contributed by atoms with Crippen molar-refractivity contribution in [1.82, 2.24) is 4.98 Å². The molecular weight excluding hydrogens is 246 g/mol. The van der Waals surface area contributed by atoms with Crippen molar-refractivity contribution in [2.45, 2.75) is 32.6 Å². The second-order valence-corrected chi connectivity index (χ2v) is 6.12. The highest BCUT2D eigenvalue weighted by atomic mass is 14.9. The number of hydrogen-bond acceptors (Lipinski definition) is 3. The summed E-state index contributed by atoms with van der Waals surface area (Å²) in [6.45, 7) is 3.39. The van der Waals surface area contributed by atoms with Crippen LogP contribution >= 0.6 is 0 Å². The van der Waals surface area contributed by atoms with E-state index in [0.29, 0.717) is 0 Å². The number of nitrogens with two attached hydrogens (primary N) is 1. The highest BCUT2D eigenvalue weighted by molar-refractivity contribution is 5.96. The summed E-state index contributed by atoms with van der Waals surface area (Å²) in [6, 6.07) is 8.06. The summed E-state index contributed by atoms with van der Waals surface area (Å²) >= 11 is 0. The van der Waals surface area contributed by atoms with Crippen LogP contribution in [-0.4, -0.2) is 11.5 Å². The number of pyridine rings is 1. The fourth-order valence-corrected chi connectivity index (χ4v) is 3.33. The molecule has 2 atom stereocenters. The van der Waals surface area contributed by atoms with Gasteiger partial charge in [0.25, 0.3) is 0 Å². The molecule has 1 aromatic carbocycles. The molecule has 2 aromatic rings. The minimum absolute atomic E-state index is 0.780. The molecule has 0 aliphatic heterocycles. The summed E-state index contributed by atoms with van der Waals surface area (Å²) in [6.07, 6.45) is 7.23. The predicted molar refractivity (Wildman–Crippen MR) is 85.8 cm³/mol. The minimum atomic E-state index is 0.780. The lowest BCUT2D eigenvalue weighted by molar-refractivity contribution is 0.293. The van der Waals surface area contributed by atoms with Crippen molar-refractivity contribution >= 4 is 22.3 Å². The molecule has 1 fully saturated rings. The Labute approximate surface area is 120 Å². The normalized spacial score (nSPS) is 22.9. The van der Waals surface area contributed by atoms with Crippen LogP contribution in [0.2, 0.25) is 0 Å². The van der Waals surface area contributed by atoms with Gasteiger partial charge in [-0.1, -0.05) is 19.8 Å². The Morgan fingerprint density at radius 1 is 1.30 bits per heavy atom. The van der Waals surface area contributed by atoms with E-state index in [-0.39, 0.29) is 0 Å². The molecule has 3 nitrogen and oxygen atoms in total. The van der Waals surface area contributed by atoms with Crippen LogP contribution in [0.15, 0.2) is 30.5 Å². The first-order chi connectivity index (χ1) is 9.74. The number of nitrogens with zero attached hydrogens (tertiary/aromatic N) is 1. The molecule has 1 heterocycles. The van der Waals surface area contributed by atoms with Crippen molar-refractivity contribution in [2.75, 3.05) is 17.6 Å². The molecule has 0 spiro atoms. The molecule has 1 aromatic heterocycles. The zero-order valence-corrected chi connectivity index (χ0v) is 12.1. The topological polar surface area (TPSA) is 50.9 Å². The van der Waals surface area contributed by atoms with Crippen LogP contribution in [0, 0.1) is 11.8 Å². The van der Waals surface area contributed by atoms with Crippen LogP contribution < -0.4 is 11.1 Å². The van der Waals surface area contributed by atoms with Gasteiger partial charge >= 0.3 is 0 Å². The second kappa shape index (κ2) is 5.70. The Balaban J connectivity index is 1.72. The first kappa shape index (κ1) is 13.2. The van der Waals surface area contributed by atoms with Crippen LogP contribution in [0.25, 0.3) is 10.9 Å². The van der Waals surface area contributed by atoms with Gasteiger partial charge in [-0.25, -0.2) is 0 Å². The first-order valence-corrected chi connectivity index (χ1v) is 7.61. The van der Waals surface area contributed by atoms with E-state index in [4.69, 9.17) is 5.73 Å². The van der Waals surface area contributed by atoms with Crippen molar-refractivity contribution < 1.29 is 0 Å². The molecule has 1 aliphatic carbocycles. The number of anilines is 2. The van der Waals surface area contributed by atoms with Gasteiger partial charge in [-0.05, 0) is 48.9 Å². The molecule has 3 N–H and O–H groups in total. The lowest BCUT2D eigenvalue weighted by Gasteiger charge is -2.27. The van der Waals surface area contributed by atoms with E-state index >= 15 is 0 Å². The van der Waals surface area contributed by atoms with Gasteiger partial charge in [0.2, 0.25) is 0 Å². The largest absolute Gasteiger partial charge is 0.397 e. The SMILES string of the molecule is CC1CCCC(CNc2ccc3ncccc3c2N)C1. The number of fused-ring (bicyclic) bond motifs is 1. The molecule has 2 unspecified atom stereocenters. The van der Waals surface area contributed by atoms with Crippen molar-refractivity contribution in [1.29, 1.82) is 0 Å². The van der Waals surface area contributed by atoms with E-state index in [9.17, 15) is 0 Å².